The van der Waals surface area contributed by atoms with Crippen molar-refractivity contribution >= 4 is 11.6 Å². The lowest BCUT2D eigenvalue weighted by Gasteiger charge is -1.98. The molecule has 1 saturated carbocycles. The van der Waals surface area contributed by atoms with Crippen molar-refractivity contribution in [3.8, 4) is 0 Å². The summed E-state index contributed by atoms with van der Waals surface area (Å²) in [5.74, 6) is 0. The highest BCUT2D eigenvalue weighted by molar-refractivity contribution is 6.21. The summed E-state index contributed by atoms with van der Waals surface area (Å²) in [6.07, 6.45) is 1.79. The van der Waals surface area contributed by atoms with Gasteiger partial charge in [0, 0.05) is 0 Å². The third-order valence-corrected chi connectivity index (χ3v) is 1.84. The number of hydrogen-bond donors (Lipinski definition) is 0. The third-order valence-electron chi connectivity index (χ3n) is 1.35. The van der Waals surface area contributed by atoms with E-state index in [4.69, 9.17) is 11.6 Å². The Hall–Kier alpha value is 0.220. The van der Waals surface area contributed by atoms with E-state index in [9.17, 15) is 4.39 Å². The normalized spacial score (nSPS) is 42.0. The van der Waals surface area contributed by atoms with E-state index in [1.807, 2.05) is 0 Å². The molecule has 1 rings (SSSR count). The molecule has 0 spiro atoms. The average Bonchev–Trinajstić information content (AvgIpc) is 1.91. The van der Waals surface area contributed by atoms with Crippen molar-refractivity contribution in [1.82, 2.24) is 0 Å². The van der Waals surface area contributed by atoms with Crippen molar-refractivity contribution in [2.24, 2.45) is 0 Å². The Kier molecular flexibility index (Phi) is 1.53. The largest absolute Gasteiger partial charge is 0.246 e. The fourth-order valence-electron chi connectivity index (χ4n) is 0.870. The molecule has 7 heavy (non-hydrogen) atoms. The Morgan fingerprint density at radius 1 is 1.43 bits per heavy atom. The Bertz CT molecular complexity index is 57.1. The maximum Gasteiger partial charge on any atom is 0.116 e. The van der Waals surface area contributed by atoms with Crippen LogP contribution in [0.4, 0.5) is 4.39 Å². The SMILES string of the molecule is F[C@@H]1CCC[C@H]1Cl. The van der Waals surface area contributed by atoms with Crippen molar-refractivity contribution in [3.63, 3.8) is 0 Å². The van der Waals surface area contributed by atoms with Gasteiger partial charge in [0.15, 0.2) is 0 Å². The smallest absolute Gasteiger partial charge is 0.116 e. The van der Waals surface area contributed by atoms with Crippen LogP contribution in [0.1, 0.15) is 19.3 Å². The molecular formula is C5H8ClF. The van der Waals surface area contributed by atoms with E-state index in [0.717, 1.165) is 12.8 Å². The fourth-order valence-corrected chi connectivity index (χ4v) is 1.15. The first-order chi connectivity index (χ1) is 3.30. The van der Waals surface area contributed by atoms with Gasteiger partial charge in [0.1, 0.15) is 6.17 Å². The second-order valence-corrected chi connectivity index (χ2v) is 2.52. The van der Waals surface area contributed by atoms with Crippen molar-refractivity contribution in [2.45, 2.75) is 30.8 Å². The molecule has 0 saturated heterocycles. The van der Waals surface area contributed by atoms with E-state index in [-0.39, 0.29) is 5.38 Å². The van der Waals surface area contributed by atoms with Crippen LogP contribution in [-0.4, -0.2) is 11.5 Å². The van der Waals surface area contributed by atoms with Gasteiger partial charge in [0.05, 0.1) is 5.38 Å². The van der Waals surface area contributed by atoms with Gasteiger partial charge in [-0.1, -0.05) is 0 Å². The molecule has 2 atom stereocenters. The molecule has 0 aromatic carbocycles. The van der Waals surface area contributed by atoms with Crippen LogP contribution >= 0.6 is 11.6 Å². The van der Waals surface area contributed by atoms with Gasteiger partial charge in [-0.15, -0.1) is 11.6 Å². The fraction of sp³-hybridized carbons (Fsp3) is 1.00. The molecule has 0 heterocycles. The van der Waals surface area contributed by atoms with Crippen molar-refractivity contribution in [1.29, 1.82) is 0 Å². The van der Waals surface area contributed by atoms with Crippen LogP contribution in [0.2, 0.25) is 0 Å². The lowest BCUT2D eigenvalue weighted by atomic mass is 10.3. The molecule has 0 N–H and O–H groups in total. The molecule has 0 bridgehead atoms. The van der Waals surface area contributed by atoms with Crippen LogP contribution in [0, 0.1) is 0 Å². The summed E-state index contributed by atoms with van der Waals surface area (Å²) < 4.78 is 12.2. The quantitative estimate of drug-likeness (QED) is 0.432. The highest BCUT2D eigenvalue weighted by Gasteiger charge is 2.23. The predicted molar refractivity (Wildman–Crippen MR) is 28.4 cm³/mol. The second kappa shape index (κ2) is 1.99. The number of halogens is 2. The van der Waals surface area contributed by atoms with E-state index in [1.165, 1.54) is 0 Å². The van der Waals surface area contributed by atoms with Crippen LogP contribution in [0.25, 0.3) is 0 Å². The highest BCUT2D eigenvalue weighted by Crippen LogP contribution is 2.26. The Morgan fingerprint density at radius 2 is 2.14 bits per heavy atom. The molecule has 0 aliphatic heterocycles. The van der Waals surface area contributed by atoms with Gasteiger partial charge in [-0.2, -0.15) is 0 Å². The second-order valence-electron chi connectivity index (χ2n) is 1.96. The van der Waals surface area contributed by atoms with Gasteiger partial charge < -0.3 is 0 Å². The first kappa shape index (κ1) is 5.36. The molecule has 0 nitrogen and oxygen atoms in total. The highest BCUT2D eigenvalue weighted by atomic mass is 35.5. The average molecular weight is 123 g/mol. The minimum Gasteiger partial charge on any atom is -0.246 e. The van der Waals surface area contributed by atoms with Crippen LogP contribution in [0.5, 0.6) is 0 Å². The molecule has 0 unspecified atom stereocenters. The molecule has 0 amide bonds. The maximum absolute atomic E-state index is 12.2. The van der Waals surface area contributed by atoms with Crippen LogP contribution in [-0.2, 0) is 0 Å². The third kappa shape index (κ3) is 1.06. The minimum atomic E-state index is -0.721. The van der Waals surface area contributed by atoms with Crippen molar-refractivity contribution < 1.29 is 4.39 Å². The van der Waals surface area contributed by atoms with Gasteiger partial charge in [-0.3, -0.25) is 0 Å². The Balaban J connectivity index is 2.33. The zero-order chi connectivity index (χ0) is 5.28. The van der Waals surface area contributed by atoms with E-state index < -0.39 is 6.17 Å². The van der Waals surface area contributed by atoms with E-state index in [1.54, 1.807) is 0 Å². The molecule has 42 valence electrons. The summed E-state index contributed by atoms with van der Waals surface area (Å²) in [5, 5.41) is -0.181. The molecule has 1 aliphatic carbocycles. The van der Waals surface area contributed by atoms with Gasteiger partial charge in [-0.25, -0.2) is 4.39 Å². The first-order valence-corrected chi connectivity index (χ1v) is 3.02. The molecule has 0 radical (unpaired) electrons. The maximum atomic E-state index is 12.2. The summed E-state index contributed by atoms with van der Waals surface area (Å²) in [6.45, 7) is 0. The summed E-state index contributed by atoms with van der Waals surface area (Å²) in [7, 11) is 0. The molecule has 1 aliphatic rings. The summed E-state index contributed by atoms with van der Waals surface area (Å²) >= 11 is 5.49. The summed E-state index contributed by atoms with van der Waals surface area (Å²) in [4.78, 5) is 0. The minimum absolute atomic E-state index is 0.181. The Labute approximate surface area is 47.7 Å². The monoisotopic (exact) mass is 122 g/mol. The Morgan fingerprint density at radius 3 is 2.29 bits per heavy atom. The van der Waals surface area contributed by atoms with Crippen LogP contribution in [0.3, 0.4) is 0 Å². The van der Waals surface area contributed by atoms with Crippen molar-refractivity contribution in [3.05, 3.63) is 0 Å². The van der Waals surface area contributed by atoms with Gasteiger partial charge >= 0.3 is 0 Å². The molecule has 0 aromatic heterocycles. The van der Waals surface area contributed by atoms with Gasteiger partial charge in [-0.05, 0) is 19.3 Å². The molecule has 0 aromatic rings. The number of hydrogen-bond acceptors (Lipinski definition) is 0. The predicted octanol–water partition coefficient (Wildman–Crippen LogP) is 2.12. The molecular weight excluding hydrogens is 115 g/mol. The molecule has 1 fully saturated rings. The van der Waals surface area contributed by atoms with E-state index in [2.05, 4.69) is 0 Å². The van der Waals surface area contributed by atoms with Crippen molar-refractivity contribution in [2.75, 3.05) is 0 Å². The van der Waals surface area contributed by atoms with E-state index >= 15 is 0 Å². The summed E-state index contributed by atoms with van der Waals surface area (Å²) in [5.41, 5.74) is 0. The van der Waals surface area contributed by atoms with Gasteiger partial charge in [0.2, 0.25) is 0 Å². The lowest BCUT2D eigenvalue weighted by molar-refractivity contribution is 0.347. The number of rotatable bonds is 0. The van der Waals surface area contributed by atoms with E-state index in [0.29, 0.717) is 6.42 Å². The topological polar surface area (TPSA) is 0 Å². The zero-order valence-corrected chi connectivity index (χ0v) is 4.79. The van der Waals surface area contributed by atoms with Gasteiger partial charge in [0.25, 0.3) is 0 Å². The lowest BCUT2D eigenvalue weighted by Crippen LogP contribution is -2.05. The first-order valence-electron chi connectivity index (χ1n) is 2.59. The molecule has 2 heteroatoms. The summed E-state index contributed by atoms with van der Waals surface area (Å²) in [6, 6.07) is 0. The van der Waals surface area contributed by atoms with Crippen LogP contribution < -0.4 is 0 Å². The standard InChI is InChI=1S/C5H8ClF/c6-4-2-1-3-5(4)7/h4-5H,1-3H2/t4-,5-/m1/s1. The van der Waals surface area contributed by atoms with Crippen LogP contribution in [0.15, 0.2) is 0 Å². The number of alkyl halides is 2. The zero-order valence-electron chi connectivity index (χ0n) is 4.03.